The Bertz CT molecular complexity index is 186. The van der Waals surface area contributed by atoms with Crippen molar-refractivity contribution in [2.45, 2.75) is 0 Å². The van der Waals surface area contributed by atoms with Gasteiger partial charge >= 0.3 is 5.97 Å². The van der Waals surface area contributed by atoms with E-state index in [-0.39, 0.29) is 31.4 Å². The highest BCUT2D eigenvalue weighted by Gasteiger charge is 2.19. The lowest BCUT2D eigenvalue weighted by atomic mass is 10.3. The molecule has 1 aliphatic rings. The van der Waals surface area contributed by atoms with Crippen LogP contribution in [0.4, 0.5) is 0 Å². The lowest BCUT2D eigenvalue weighted by molar-refractivity contribution is -0.144. The average Bonchev–Trinajstić information content (AvgIpc) is 1.93. The number of nitrogens with one attached hydrogen (secondary N) is 1. The summed E-state index contributed by atoms with van der Waals surface area (Å²) in [5.74, 6) is -1.10. The molecule has 1 rings (SSSR count). The van der Waals surface area contributed by atoms with Crippen LogP contribution in [0.3, 0.4) is 0 Å². The predicted molar refractivity (Wildman–Crippen MR) is 44.3 cm³/mol. The van der Waals surface area contributed by atoms with Gasteiger partial charge in [0.25, 0.3) is 0 Å². The smallest absolute Gasteiger partial charge is 0.323 e. The van der Waals surface area contributed by atoms with Crippen LogP contribution in [-0.2, 0) is 9.59 Å². The number of aliphatic carboxylic acids is 1. The minimum absolute atomic E-state index is 0. The summed E-state index contributed by atoms with van der Waals surface area (Å²) < 4.78 is 0. The van der Waals surface area contributed by atoms with E-state index >= 15 is 0 Å². The van der Waals surface area contributed by atoms with Crippen LogP contribution in [-0.4, -0.2) is 48.1 Å². The first-order valence-corrected chi connectivity index (χ1v) is 3.40. The average molecular weight is 195 g/mol. The maximum absolute atomic E-state index is 10.9. The van der Waals surface area contributed by atoms with E-state index in [0.29, 0.717) is 13.1 Å². The van der Waals surface area contributed by atoms with Gasteiger partial charge in [-0.15, -0.1) is 12.4 Å². The van der Waals surface area contributed by atoms with E-state index in [1.807, 2.05) is 0 Å². The number of carboxylic acid groups (broad SMARTS) is 1. The van der Waals surface area contributed by atoms with Gasteiger partial charge in [0, 0.05) is 13.1 Å². The topological polar surface area (TPSA) is 69.6 Å². The number of carbonyl (C=O) groups excluding carboxylic acids is 1. The first kappa shape index (κ1) is 11.2. The molecule has 5 nitrogen and oxygen atoms in total. The van der Waals surface area contributed by atoms with Crippen LogP contribution in [0.5, 0.6) is 0 Å². The summed E-state index contributed by atoms with van der Waals surface area (Å²) in [6.07, 6.45) is 0. The second-order valence-electron chi connectivity index (χ2n) is 2.39. The maximum Gasteiger partial charge on any atom is 0.323 e. The summed E-state index contributed by atoms with van der Waals surface area (Å²) in [7, 11) is 0. The predicted octanol–water partition coefficient (Wildman–Crippen LogP) is -1.08. The summed E-state index contributed by atoms with van der Waals surface area (Å²) in [5, 5.41) is 11.2. The quantitative estimate of drug-likeness (QED) is 0.587. The van der Waals surface area contributed by atoms with Crippen LogP contribution >= 0.6 is 12.4 Å². The van der Waals surface area contributed by atoms with Gasteiger partial charge in [-0.25, -0.2) is 0 Å². The van der Waals surface area contributed by atoms with Crippen LogP contribution in [0.2, 0.25) is 0 Å². The normalized spacial score (nSPS) is 17.0. The Balaban J connectivity index is 0.00000121. The van der Waals surface area contributed by atoms with Crippen LogP contribution in [0, 0.1) is 0 Å². The van der Waals surface area contributed by atoms with Gasteiger partial charge in [-0.1, -0.05) is 0 Å². The molecule has 70 valence electrons. The fraction of sp³-hybridized carbons (Fsp3) is 0.667. The maximum atomic E-state index is 10.9. The minimum Gasteiger partial charge on any atom is -0.480 e. The number of hydrogen-bond acceptors (Lipinski definition) is 3. The van der Waals surface area contributed by atoms with Gasteiger partial charge < -0.3 is 15.3 Å². The van der Waals surface area contributed by atoms with Gasteiger partial charge in [-0.05, 0) is 0 Å². The first-order valence-electron chi connectivity index (χ1n) is 3.40. The monoisotopic (exact) mass is 194 g/mol. The minimum atomic E-state index is -0.958. The van der Waals surface area contributed by atoms with Crippen molar-refractivity contribution in [3.8, 4) is 0 Å². The van der Waals surface area contributed by atoms with E-state index in [1.165, 1.54) is 4.90 Å². The third-order valence-electron chi connectivity index (χ3n) is 1.51. The molecule has 0 radical (unpaired) electrons. The standard InChI is InChI=1S/C6H10N2O3.ClH/c9-5-3-7-1-2-8(5)4-6(10)11;/h7H,1-4H2,(H,10,11);1H. The number of nitrogens with zero attached hydrogens (tertiary/aromatic N) is 1. The van der Waals surface area contributed by atoms with Crippen molar-refractivity contribution in [3.05, 3.63) is 0 Å². The van der Waals surface area contributed by atoms with E-state index in [0.717, 1.165) is 0 Å². The third-order valence-corrected chi connectivity index (χ3v) is 1.51. The van der Waals surface area contributed by atoms with E-state index in [9.17, 15) is 9.59 Å². The van der Waals surface area contributed by atoms with Crippen molar-refractivity contribution in [1.82, 2.24) is 10.2 Å². The van der Waals surface area contributed by atoms with Crippen LogP contribution < -0.4 is 5.32 Å². The summed E-state index contributed by atoms with van der Waals surface area (Å²) >= 11 is 0. The molecule has 6 heteroatoms. The molecule has 2 N–H and O–H groups in total. The lowest BCUT2D eigenvalue weighted by Gasteiger charge is -2.25. The number of halogens is 1. The fourth-order valence-electron chi connectivity index (χ4n) is 0.976. The van der Waals surface area contributed by atoms with Gasteiger partial charge in [0.1, 0.15) is 6.54 Å². The molecule has 0 aromatic heterocycles. The molecule has 0 bridgehead atoms. The second kappa shape index (κ2) is 4.95. The highest BCUT2D eigenvalue weighted by molar-refractivity contribution is 5.85. The van der Waals surface area contributed by atoms with Crippen molar-refractivity contribution >= 4 is 24.3 Å². The molecule has 0 spiro atoms. The molecule has 0 saturated carbocycles. The molecule has 0 atom stereocenters. The van der Waals surface area contributed by atoms with Crippen molar-refractivity contribution in [1.29, 1.82) is 0 Å². The van der Waals surface area contributed by atoms with E-state index < -0.39 is 5.97 Å². The highest BCUT2D eigenvalue weighted by Crippen LogP contribution is 1.92. The van der Waals surface area contributed by atoms with E-state index in [4.69, 9.17) is 5.11 Å². The van der Waals surface area contributed by atoms with Crippen molar-refractivity contribution < 1.29 is 14.7 Å². The van der Waals surface area contributed by atoms with E-state index in [1.54, 1.807) is 0 Å². The molecule has 0 aromatic carbocycles. The first-order chi connectivity index (χ1) is 5.20. The molecular formula is C6H11ClN2O3. The molecule has 1 amide bonds. The molecule has 1 saturated heterocycles. The lowest BCUT2D eigenvalue weighted by Crippen LogP contribution is -2.49. The number of amides is 1. The summed E-state index contributed by atoms with van der Waals surface area (Å²) in [6.45, 7) is 1.25. The second-order valence-corrected chi connectivity index (χ2v) is 2.39. The molecule has 12 heavy (non-hydrogen) atoms. The molecule has 1 aliphatic heterocycles. The van der Waals surface area contributed by atoms with Gasteiger partial charge in [-0.3, -0.25) is 9.59 Å². The molecular weight excluding hydrogens is 184 g/mol. The number of carbonyl (C=O) groups is 2. The van der Waals surface area contributed by atoms with Crippen LogP contribution in [0.25, 0.3) is 0 Å². The Labute approximate surface area is 76.1 Å². The fourth-order valence-corrected chi connectivity index (χ4v) is 0.976. The van der Waals surface area contributed by atoms with Crippen molar-refractivity contribution in [3.63, 3.8) is 0 Å². The zero-order valence-corrected chi connectivity index (χ0v) is 7.26. The summed E-state index contributed by atoms with van der Waals surface area (Å²) in [5.41, 5.74) is 0. The Morgan fingerprint density at radius 2 is 2.33 bits per heavy atom. The number of hydrogen-bond donors (Lipinski definition) is 2. The molecule has 1 fully saturated rings. The summed E-state index contributed by atoms with van der Waals surface area (Å²) in [6, 6.07) is 0. The molecule has 0 aliphatic carbocycles. The Hall–Kier alpha value is -0.810. The van der Waals surface area contributed by atoms with Crippen LogP contribution in [0.15, 0.2) is 0 Å². The Morgan fingerprint density at radius 1 is 1.67 bits per heavy atom. The van der Waals surface area contributed by atoms with Gasteiger partial charge in [-0.2, -0.15) is 0 Å². The molecule has 1 heterocycles. The SMILES string of the molecule is Cl.O=C(O)CN1CCNCC1=O. The third kappa shape index (κ3) is 3.06. The van der Waals surface area contributed by atoms with Crippen molar-refractivity contribution in [2.24, 2.45) is 0 Å². The number of carboxylic acids is 1. The zero-order chi connectivity index (χ0) is 8.27. The van der Waals surface area contributed by atoms with E-state index in [2.05, 4.69) is 5.32 Å². The Morgan fingerprint density at radius 3 is 2.83 bits per heavy atom. The Kier molecular flexibility index (Phi) is 4.61. The molecule has 0 aromatic rings. The highest BCUT2D eigenvalue weighted by atomic mass is 35.5. The van der Waals surface area contributed by atoms with Gasteiger partial charge in [0.2, 0.25) is 5.91 Å². The van der Waals surface area contributed by atoms with Gasteiger partial charge in [0.15, 0.2) is 0 Å². The number of rotatable bonds is 2. The number of piperazine rings is 1. The largest absolute Gasteiger partial charge is 0.480 e. The summed E-state index contributed by atoms with van der Waals surface area (Å²) in [4.78, 5) is 22.5. The van der Waals surface area contributed by atoms with Crippen LogP contribution in [0.1, 0.15) is 0 Å². The van der Waals surface area contributed by atoms with Gasteiger partial charge in [0.05, 0.1) is 6.54 Å². The molecule has 0 unspecified atom stereocenters. The van der Waals surface area contributed by atoms with Crippen molar-refractivity contribution in [2.75, 3.05) is 26.2 Å². The zero-order valence-electron chi connectivity index (χ0n) is 6.45.